The number of aromatic nitrogens is 3. The Balaban J connectivity index is 1.38. The molecular formula is C27H24N4O3S. The van der Waals surface area contributed by atoms with Gasteiger partial charge in [-0.15, -0.1) is 11.3 Å². The van der Waals surface area contributed by atoms with Crippen molar-refractivity contribution in [2.75, 3.05) is 13.7 Å². The number of carbonyl (C=O) groups is 1. The van der Waals surface area contributed by atoms with Crippen molar-refractivity contribution >= 4 is 38.5 Å². The van der Waals surface area contributed by atoms with E-state index in [9.17, 15) is 4.79 Å². The molecule has 0 fully saturated rings. The first-order valence-electron chi connectivity index (χ1n) is 11.2. The minimum atomic E-state index is -0.170. The lowest BCUT2D eigenvalue weighted by atomic mass is 10.1. The lowest BCUT2D eigenvalue weighted by Gasteiger charge is -2.08. The molecule has 2 heterocycles. The number of fused-ring (bicyclic) bond motifs is 2. The number of hydrogen-bond acceptors (Lipinski definition) is 7. The molecule has 35 heavy (non-hydrogen) atoms. The number of aryl methyl sites for hydroxylation is 2. The number of ether oxygens (including phenoxy) is 2. The third-order valence-electron chi connectivity index (χ3n) is 5.57. The SMILES string of the molecule is COc1cnc2c(-c3nc4c(C)cc(OCC(=O)NCc5ccccc5)cc4s3)cc(C)cc2n1. The minimum absolute atomic E-state index is 0.0522. The Kier molecular flexibility index (Phi) is 6.29. The zero-order valence-electron chi connectivity index (χ0n) is 19.7. The Hall–Kier alpha value is -4.04. The molecule has 176 valence electrons. The van der Waals surface area contributed by atoms with Crippen molar-refractivity contribution in [3.8, 4) is 22.2 Å². The van der Waals surface area contributed by atoms with Crippen LogP contribution >= 0.6 is 11.3 Å². The van der Waals surface area contributed by atoms with E-state index in [2.05, 4.69) is 21.4 Å². The third kappa shape index (κ3) is 4.93. The zero-order chi connectivity index (χ0) is 24.4. The third-order valence-corrected chi connectivity index (χ3v) is 6.61. The van der Waals surface area contributed by atoms with E-state index in [0.717, 1.165) is 48.5 Å². The van der Waals surface area contributed by atoms with Crippen molar-refractivity contribution in [1.29, 1.82) is 0 Å². The van der Waals surface area contributed by atoms with Gasteiger partial charge in [0.15, 0.2) is 6.61 Å². The molecule has 2 aromatic heterocycles. The standard InChI is InChI=1S/C27H24N4O3S/c1-16-9-20(26-21(10-16)30-24(33-3)14-29-26)27-31-25-17(2)11-19(12-22(25)35-27)34-15-23(32)28-13-18-7-5-4-6-8-18/h4-12,14H,13,15H2,1-3H3,(H,28,32). The van der Waals surface area contributed by atoms with Crippen molar-refractivity contribution in [3.63, 3.8) is 0 Å². The molecule has 0 atom stereocenters. The molecule has 0 radical (unpaired) electrons. The largest absolute Gasteiger partial charge is 0.484 e. The van der Waals surface area contributed by atoms with Crippen LogP contribution in [0, 0.1) is 13.8 Å². The predicted molar refractivity (Wildman–Crippen MR) is 138 cm³/mol. The van der Waals surface area contributed by atoms with Gasteiger partial charge in [-0.05, 0) is 54.8 Å². The van der Waals surface area contributed by atoms with E-state index in [1.165, 1.54) is 0 Å². The fourth-order valence-corrected chi connectivity index (χ4v) is 4.96. The second-order valence-electron chi connectivity index (χ2n) is 8.25. The maximum atomic E-state index is 12.3. The summed E-state index contributed by atoms with van der Waals surface area (Å²) in [6.45, 7) is 4.44. The van der Waals surface area contributed by atoms with Crippen LogP contribution in [0.4, 0.5) is 0 Å². The summed E-state index contributed by atoms with van der Waals surface area (Å²) in [6, 6.07) is 17.7. The summed E-state index contributed by atoms with van der Waals surface area (Å²) in [5, 5.41) is 3.74. The first-order valence-corrected chi connectivity index (χ1v) is 12.0. The van der Waals surface area contributed by atoms with Crippen LogP contribution in [0.3, 0.4) is 0 Å². The number of thiazole rings is 1. The lowest BCUT2D eigenvalue weighted by Crippen LogP contribution is -2.28. The monoisotopic (exact) mass is 484 g/mol. The summed E-state index contributed by atoms with van der Waals surface area (Å²) in [7, 11) is 1.58. The molecule has 5 aromatic rings. The number of benzene rings is 3. The van der Waals surface area contributed by atoms with E-state index in [1.807, 2.05) is 62.4 Å². The number of rotatable bonds is 7. The van der Waals surface area contributed by atoms with Gasteiger partial charge in [-0.3, -0.25) is 4.79 Å². The normalized spacial score (nSPS) is 11.1. The maximum absolute atomic E-state index is 12.3. The average molecular weight is 485 g/mol. The summed E-state index contributed by atoms with van der Waals surface area (Å²) in [6.07, 6.45) is 1.62. The zero-order valence-corrected chi connectivity index (χ0v) is 20.5. The molecule has 0 unspecified atom stereocenters. The molecule has 5 rings (SSSR count). The van der Waals surface area contributed by atoms with Gasteiger partial charge < -0.3 is 14.8 Å². The molecule has 1 N–H and O–H groups in total. The van der Waals surface area contributed by atoms with Gasteiger partial charge in [0, 0.05) is 12.1 Å². The quantitative estimate of drug-likeness (QED) is 0.341. The Morgan fingerprint density at radius 2 is 1.86 bits per heavy atom. The van der Waals surface area contributed by atoms with E-state index in [4.69, 9.17) is 14.5 Å². The van der Waals surface area contributed by atoms with Crippen LogP contribution in [0.2, 0.25) is 0 Å². The summed E-state index contributed by atoms with van der Waals surface area (Å²) >= 11 is 1.56. The van der Waals surface area contributed by atoms with Crippen LogP contribution in [-0.4, -0.2) is 34.6 Å². The number of nitrogens with one attached hydrogen (secondary N) is 1. The number of methoxy groups -OCH3 is 1. The highest BCUT2D eigenvalue weighted by Crippen LogP contribution is 2.37. The maximum Gasteiger partial charge on any atom is 0.258 e. The highest BCUT2D eigenvalue weighted by molar-refractivity contribution is 7.21. The molecule has 1 amide bonds. The lowest BCUT2D eigenvalue weighted by molar-refractivity contribution is -0.123. The highest BCUT2D eigenvalue weighted by Gasteiger charge is 2.15. The molecule has 7 nitrogen and oxygen atoms in total. The summed E-state index contributed by atoms with van der Waals surface area (Å²) < 4.78 is 12.0. The van der Waals surface area contributed by atoms with E-state index < -0.39 is 0 Å². The molecule has 8 heteroatoms. The van der Waals surface area contributed by atoms with Crippen LogP contribution < -0.4 is 14.8 Å². The summed E-state index contributed by atoms with van der Waals surface area (Å²) in [4.78, 5) is 26.3. The van der Waals surface area contributed by atoms with Gasteiger partial charge in [0.1, 0.15) is 10.8 Å². The fourth-order valence-electron chi connectivity index (χ4n) is 3.87. The van der Waals surface area contributed by atoms with Crippen LogP contribution in [0.25, 0.3) is 31.8 Å². The van der Waals surface area contributed by atoms with Gasteiger partial charge in [-0.2, -0.15) is 0 Å². The molecule has 0 saturated heterocycles. The molecule has 3 aromatic carbocycles. The van der Waals surface area contributed by atoms with Crippen molar-refractivity contribution in [1.82, 2.24) is 20.3 Å². The first-order chi connectivity index (χ1) is 17.0. The predicted octanol–water partition coefficient (Wildman–Crippen LogP) is 5.23. The highest BCUT2D eigenvalue weighted by atomic mass is 32.1. The number of hydrogen-bond donors (Lipinski definition) is 1. The van der Waals surface area contributed by atoms with Gasteiger partial charge in [0.05, 0.1) is 34.6 Å². The van der Waals surface area contributed by atoms with E-state index in [-0.39, 0.29) is 12.5 Å². The van der Waals surface area contributed by atoms with Crippen LogP contribution in [0.1, 0.15) is 16.7 Å². The van der Waals surface area contributed by atoms with Crippen molar-refractivity contribution < 1.29 is 14.3 Å². The first kappa shape index (κ1) is 22.7. The van der Waals surface area contributed by atoms with Crippen LogP contribution in [0.15, 0.2) is 60.8 Å². The van der Waals surface area contributed by atoms with Crippen LogP contribution in [-0.2, 0) is 11.3 Å². The molecule has 0 aliphatic carbocycles. The van der Waals surface area contributed by atoms with E-state index in [0.29, 0.717) is 18.2 Å². The van der Waals surface area contributed by atoms with Gasteiger partial charge in [-0.1, -0.05) is 30.3 Å². The van der Waals surface area contributed by atoms with Crippen molar-refractivity contribution in [3.05, 3.63) is 77.5 Å². The van der Waals surface area contributed by atoms with Crippen molar-refractivity contribution in [2.45, 2.75) is 20.4 Å². The number of nitrogens with zero attached hydrogens (tertiary/aromatic N) is 3. The van der Waals surface area contributed by atoms with E-state index >= 15 is 0 Å². The smallest absolute Gasteiger partial charge is 0.258 e. The molecule has 0 spiro atoms. The van der Waals surface area contributed by atoms with Gasteiger partial charge in [-0.25, -0.2) is 15.0 Å². The second kappa shape index (κ2) is 9.68. The Morgan fingerprint density at radius 1 is 1.03 bits per heavy atom. The number of amides is 1. The molecule has 0 aliphatic heterocycles. The van der Waals surface area contributed by atoms with Crippen LogP contribution in [0.5, 0.6) is 11.6 Å². The molecule has 0 aliphatic rings. The fraction of sp³-hybridized carbons (Fsp3) is 0.185. The van der Waals surface area contributed by atoms with Gasteiger partial charge >= 0.3 is 0 Å². The second-order valence-corrected chi connectivity index (χ2v) is 9.28. The number of carbonyl (C=O) groups excluding carboxylic acids is 1. The Morgan fingerprint density at radius 3 is 2.66 bits per heavy atom. The average Bonchev–Trinajstić information content (AvgIpc) is 3.30. The van der Waals surface area contributed by atoms with Gasteiger partial charge in [0.25, 0.3) is 5.91 Å². The Bertz CT molecular complexity index is 1530. The Labute approximate surface area is 206 Å². The summed E-state index contributed by atoms with van der Waals surface area (Å²) in [5.41, 5.74) is 6.47. The molecule has 0 saturated carbocycles. The molecular weight excluding hydrogens is 460 g/mol. The summed E-state index contributed by atoms with van der Waals surface area (Å²) in [5.74, 6) is 0.944. The minimum Gasteiger partial charge on any atom is -0.484 e. The molecule has 0 bridgehead atoms. The van der Waals surface area contributed by atoms with Gasteiger partial charge in [0.2, 0.25) is 5.88 Å². The topological polar surface area (TPSA) is 86.2 Å². The van der Waals surface area contributed by atoms with E-state index in [1.54, 1.807) is 24.6 Å². The van der Waals surface area contributed by atoms with Crippen molar-refractivity contribution in [2.24, 2.45) is 0 Å².